The summed E-state index contributed by atoms with van der Waals surface area (Å²) in [5, 5.41) is 3.73. The number of aliphatic imine (C=N–C) groups is 1. The smallest absolute Gasteiger partial charge is 0.357 e. The molecule has 2 aromatic carbocycles. The molecular formula is C15H13ClN5+. The maximum absolute atomic E-state index is 6.34. The number of rotatable bonds is 1. The van der Waals surface area contributed by atoms with Gasteiger partial charge >= 0.3 is 5.95 Å². The van der Waals surface area contributed by atoms with E-state index in [0.29, 0.717) is 11.0 Å². The predicted molar refractivity (Wildman–Crippen MR) is 83.3 cm³/mol. The summed E-state index contributed by atoms with van der Waals surface area (Å²) in [4.78, 5) is 7.83. The van der Waals surface area contributed by atoms with E-state index < -0.39 is 0 Å². The van der Waals surface area contributed by atoms with Crippen LogP contribution < -0.4 is 15.6 Å². The van der Waals surface area contributed by atoms with Crippen LogP contribution in [0.15, 0.2) is 53.5 Å². The van der Waals surface area contributed by atoms with E-state index >= 15 is 0 Å². The normalized spacial score (nSPS) is 17.2. The molecule has 0 bridgehead atoms. The van der Waals surface area contributed by atoms with Crippen LogP contribution in [-0.2, 0) is 0 Å². The number of nitrogens with one attached hydrogen (secondary N) is 2. The maximum atomic E-state index is 6.34. The molecular weight excluding hydrogens is 286 g/mol. The van der Waals surface area contributed by atoms with E-state index in [0.717, 1.165) is 22.5 Å². The fourth-order valence-corrected chi connectivity index (χ4v) is 2.91. The van der Waals surface area contributed by atoms with Gasteiger partial charge in [-0.15, -0.1) is 0 Å². The summed E-state index contributed by atoms with van der Waals surface area (Å²) >= 11 is 6.34. The number of nitrogens with zero attached hydrogens (tertiary/aromatic N) is 2. The first-order chi connectivity index (χ1) is 10.2. The average Bonchev–Trinajstić information content (AvgIpc) is 2.85. The second-order valence-corrected chi connectivity index (χ2v) is 5.30. The Labute approximate surface area is 126 Å². The Morgan fingerprint density at radius 2 is 1.86 bits per heavy atom. The number of hydrogen-bond acceptors (Lipinski definition) is 3. The number of guanidine groups is 1. The lowest BCUT2D eigenvalue weighted by molar-refractivity contribution is -0.674. The van der Waals surface area contributed by atoms with Crippen molar-refractivity contribution < 1.29 is 4.57 Å². The van der Waals surface area contributed by atoms with Crippen LogP contribution in [-0.4, -0.2) is 10.9 Å². The SMILES string of the molecule is NC1=N[C@@H](c2ccccc2Cl)[n+]2c([nH]c3ccccc32)N1. The summed E-state index contributed by atoms with van der Waals surface area (Å²) in [5.41, 5.74) is 8.89. The van der Waals surface area contributed by atoms with Gasteiger partial charge in [-0.3, -0.25) is 0 Å². The quantitative estimate of drug-likeness (QED) is 0.604. The molecule has 5 nitrogen and oxygen atoms in total. The van der Waals surface area contributed by atoms with Gasteiger partial charge in [0.05, 0.1) is 0 Å². The van der Waals surface area contributed by atoms with Gasteiger partial charge in [0.15, 0.2) is 0 Å². The van der Waals surface area contributed by atoms with Crippen LogP contribution >= 0.6 is 11.6 Å². The third-order valence-electron chi connectivity index (χ3n) is 3.59. The Morgan fingerprint density at radius 1 is 1.10 bits per heavy atom. The van der Waals surface area contributed by atoms with E-state index in [1.807, 2.05) is 48.5 Å². The van der Waals surface area contributed by atoms with E-state index in [-0.39, 0.29) is 6.17 Å². The van der Waals surface area contributed by atoms with Crippen LogP contribution in [0, 0.1) is 0 Å². The first-order valence-corrected chi connectivity index (χ1v) is 6.99. The molecule has 3 aromatic rings. The van der Waals surface area contributed by atoms with Crippen molar-refractivity contribution in [2.24, 2.45) is 10.7 Å². The monoisotopic (exact) mass is 298 g/mol. The van der Waals surface area contributed by atoms with Gasteiger partial charge < -0.3 is 5.73 Å². The Kier molecular flexibility index (Phi) is 2.62. The third kappa shape index (κ3) is 1.86. The van der Waals surface area contributed by atoms with E-state index in [1.165, 1.54) is 0 Å². The molecule has 0 spiro atoms. The number of H-pyrrole nitrogens is 1. The topological polar surface area (TPSA) is 70.1 Å². The molecule has 0 saturated carbocycles. The minimum atomic E-state index is -0.286. The summed E-state index contributed by atoms with van der Waals surface area (Å²) in [6.07, 6.45) is -0.286. The molecule has 1 atom stereocenters. The Morgan fingerprint density at radius 3 is 2.71 bits per heavy atom. The number of halogens is 1. The molecule has 4 N–H and O–H groups in total. The number of anilines is 1. The highest BCUT2D eigenvalue weighted by molar-refractivity contribution is 6.31. The molecule has 0 fully saturated rings. The lowest BCUT2D eigenvalue weighted by Gasteiger charge is -2.18. The van der Waals surface area contributed by atoms with Crippen LogP contribution in [0.2, 0.25) is 5.02 Å². The second-order valence-electron chi connectivity index (χ2n) is 4.90. The largest absolute Gasteiger partial charge is 0.365 e. The molecule has 2 heterocycles. The van der Waals surface area contributed by atoms with E-state index in [9.17, 15) is 0 Å². The molecule has 0 aliphatic carbocycles. The fraction of sp³-hybridized carbons (Fsp3) is 0.0667. The molecule has 0 amide bonds. The lowest BCUT2D eigenvalue weighted by atomic mass is 10.1. The summed E-state index contributed by atoms with van der Waals surface area (Å²) < 4.78 is 2.06. The van der Waals surface area contributed by atoms with E-state index in [4.69, 9.17) is 17.3 Å². The molecule has 104 valence electrons. The van der Waals surface area contributed by atoms with Crippen molar-refractivity contribution in [1.29, 1.82) is 0 Å². The minimum absolute atomic E-state index is 0.286. The van der Waals surface area contributed by atoms with E-state index in [1.54, 1.807) is 0 Å². The Hall–Kier alpha value is -2.53. The van der Waals surface area contributed by atoms with Crippen molar-refractivity contribution in [3.63, 3.8) is 0 Å². The zero-order valence-corrected chi connectivity index (χ0v) is 11.8. The molecule has 1 aliphatic heterocycles. The average molecular weight is 299 g/mol. The Balaban J connectivity index is 2.00. The van der Waals surface area contributed by atoms with Gasteiger partial charge in [0.1, 0.15) is 11.0 Å². The first kappa shape index (κ1) is 12.2. The van der Waals surface area contributed by atoms with Crippen LogP contribution in [0.3, 0.4) is 0 Å². The highest BCUT2D eigenvalue weighted by atomic mass is 35.5. The summed E-state index contributed by atoms with van der Waals surface area (Å²) in [6.45, 7) is 0. The number of aromatic amines is 1. The summed E-state index contributed by atoms with van der Waals surface area (Å²) in [6, 6.07) is 15.7. The number of benzene rings is 2. The number of para-hydroxylation sites is 2. The van der Waals surface area contributed by atoms with Crippen LogP contribution in [0.4, 0.5) is 5.95 Å². The molecule has 6 heteroatoms. The zero-order chi connectivity index (χ0) is 14.4. The third-order valence-corrected chi connectivity index (χ3v) is 3.94. The highest BCUT2D eigenvalue weighted by Crippen LogP contribution is 2.28. The number of aromatic nitrogens is 2. The van der Waals surface area contributed by atoms with Gasteiger partial charge in [-0.1, -0.05) is 41.9 Å². The second kappa shape index (κ2) is 4.49. The highest BCUT2D eigenvalue weighted by Gasteiger charge is 2.31. The number of hydrogen-bond donors (Lipinski definition) is 3. The van der Waals surface area contributed by atoms with Crippen LogP contribution in [0.5, 0.6) is 0 Å². The molecule has 4 rings (SSSR count). The minimum Gasteiger partial charge on any atom is -0.357 e. The fourth-order valence-electron chi connectivity index (χ4n) is 2.68. The number of imidazole rings is 1. The van der Waals surface area contributed by atoms with Gasteiger partial charge in [0, 0.05) is 10.6 Å². The first-order valence-electron chi connectivity index (χ1n) is 6.61. The van der Waals surface area contributed by atoms with Crippen molar-refractivity contribution in [3.05, 3.63) is 59.1 Å². The standard InChI is InChI=1S/C15H12ClN5/c16-10-6-2-1-5-9(10)13-19-14(17)20-15-18-11-7-3-4-8-12(11)21(13)15/h1-8,13H,(H3,17,18,19,20)/p+1/t13-/m1/s1. The van der Waals surface area contributed by atoms with Gasteiger partial charge in [-0.2, -0.15) is 4.99 Å². The van der Waals surface area contributed by atoms with Gasteiger partial charge in [0.25, 0.3) is 5.96 Å². The molecule has 0 saturated heterocycles. The van der Waals surface area contributed by atoms with Crippen LogP contribution in [0.25, 0.3) is 11.0 Å². The summed E-state index contributed by atoms with van der Waals surface area (Å²) in [5.74, 6) is 1.17. The zero-order valence-electron chi connectivity index (χ0n) is 11.0. The van der Waals surface area contributed by atoms with Gasteiger partial charge in [-0.25, -0.2) is 14.9 Å². The van der Waals surface area contributed by atoms with E-state index in [2.05, 4.69) is 19.9 Å². The molecule has 1 aliphatic rings. The predicted octanol–water partition coefficient (Wildman–Crippen LogP) is 2.40. The Bertz CT molecular complexity index is 867. The van der Waals surface area contributed by atoms with Crippen molar-refractivity contribution >= 4 is 34.5 Å². The maximum Gasteiger partial charge on any atom is 0.365 e. The lowest BCUT2D eigenvalue weighted by Crippen LogP contribution is -2.48. The number of nitrogens with two attached hydrogens (primary N) is 1. The molecule has 21 heavy (non-hydrogen) atoms. The van der Waals surface area contributed by atoms with Gasteiger partial charge in [0.2, 0.25) is 6.17 Å². The van der Waals surface area contributed by atoms with Crippen molar-refractivity contribution in [2.45, 2.75) is 6.17 Å². The molecule has 1 aromatic heterocycles. The molecule has 0 radical (unpaired) electrons. The summed E-state index contributed by atoms with van der Waals surface area (Å²) in [7, 11) is 0. The molecule has 0 unspecified atom stereocenters. The van der Waals surface area contributed by atoms with Crippen molar-refractivity contribution in [2.75, 3.05) is 5.32 Å². The number of fused-ring (bicyclic) bond motifs is 3. The van der Waals surface area contributed by atoms with Crippen molar-refractivity contribution in [3.8, 4) is 0 Å². The van der Waals surface area contributed by atoms with Crippen molar-refractivity contribution in [1.82, 2.24) is 4.98 Å². The van der Waals surface area contributed by atoms with Crippen LogP contribution in [0.1, 0.15) is 11.7 Å². The van der Waals surface area contributed by atoms with Gasteiger partial charge in [-0.05, 0) is 18.2 Å².